The molecule has 162 valence electrons. The molecule has 31 heavy (non-hydrogen) atoms. The Morgan fingerprint density at radius 3 is 2.03 bits per heavy atom. The smallest absolute Gasteiger partial charge is 0.243 e. The monoisotopic (exact) mass is 440 g/mol. The summed E-state index contributed by atoms with van der Waals surface area (Å²) in [6, 6.07) is 22.3. The van der Waals surface area contributed by atoms with Crippen molar-refractivity contribution in [2.45, 2.75) is 11.8 Å². The van der Waals surface area contributed by atoms with E-state index >= 15 is 0 Å². The minimum absolute atomic E-state index is 0.102. The van der Waals surface area contributed by atoms with Crippen LogP contribution in [-0.4, -0.2) is 38.8 Å². The number of benzene rings is 3. The van der Waals surface area contributed by atoms with Gasteiger partial charge in [-0.1, -0.05) is 25.1 Å². The highest BCUT2D eigenvalue weighted by molar-refractivity contribution is 7.89. The Labute approximate surface area is 182 Å². The zero-order chi connectivity index (χ0) is 22.3. The van der Waals surface area contributed by atoms with Crippen molar-refractivity contribution < 1.29 is 22.7 Å². The lowest BCUT2D eigenvalue weighted by molar-refractivity contribution is -0.116. The highest BCUT2D eigenvalue weighted by Crippen LogP contribution is 2.23. The van der Waals surface area contributed by atoms with Gasteiger partial charge in [0.1, 0.15) is 17.2 Å². The number of carbonyl (C=O) groups is 1. The summed E-state index contributed by atoms with van der Waals surface area (Å²) in [5.74, 6) is 1.46. The first kappa shape index (κ1) is 22.3. The molecule has 0 aliphatic carbocycles. The molecule has 0 aromatic heterocycles. The molecule has 0 unspecified atom stereocenters. The first-order chi connectivity index (χ1) is 14.9. The van der Waals surface area contributed by atoms with E-state index < -0.39 is 15.9 Å². The number of nitrogens with one attached hydrogen (secondary N) is 1. The Bertz CT molecular complexity index is 1100. The van der Waals surface area contributed by atoms with Gasteiger partial charge in [-0.2, -0.15) is 4.31 Å². The number of sulfonamides is 1. The molecular formula is C23H24N2O5S. The van der Waals surface area contributed by atoms with Crippen LogP contribution < -0.4 is 14.8 Å². The molecule has 0 saturated heterocycles. The Morgan fingerprint density at radius 2 is 1.45 bits per heavy atom. The molecule has 7 nitrogen and oxygen atoms in total. The Balaban J connectivity index is 1.62. The number of carbonyl (C=O) groups excluding carboxylic acids is 1. The maximum atomic E-state index is 12.9. The van der Waals surface area contributed by atoms with Crippen molar-refractivity contribution in [1.29, 1.82) is 0 Å². The summed E-state index contributed by atoms with van der Waals surface area (Å²) in [5.41, 5.74) is 0.545. The summed E-state index contributed by atoms with van der Waals surface area (Å²) in [6.45, 7) is 1.54. The maximum Gasteiger partial charge on any atom is 0.243 e. The molecule has 0 fully saturated rings. The number of hydrogen-bond acceptors (Lipinski definition) is 5. The zero-order valence-electron chi connectivity index (χ0n) is 17.3. The molecule has 1 N–H and O–H groups in total. The van der Waals surface area contributed by atoms with Gasteiger partial charge in [-0.15, -0.1) is 0 Å². The minimum atomic E-state index is -3.81. The molecule has 3 aromatic rings. The number of para-hydroxylation sites is 1. The van der Waals surface area contributed by atoms with Gasteiger partial charge in [0.05, 0.1) is 18.6 Å². The Hall–Kier alpha value is -3.36. The number of likely N-dealkylation sites (N-methyl/N-ethyl adjacent to an activating group) is 1. The van der Waals surface area contributed by atoms with E-state index in [1.54, 1.807) is 43.3 Å². The summed E-state index contributed by atoms with van der Waals surface area (Å²) < 4.78 is 37.6. The van der Waals surface area contributed by atoms with Gasteiger partial charge in [0, 0.05) is 12.2 Å². The summed E-state index contributed by atoms with van der Waals surface area (Å²) in [5, 5.41) is 2.72. The van der Waals surface area contributed by atoms with E-state index in [-0.39, 0.29) is 18.0 Å². The molecule has 1 amide bonds. The number of hydrogen-bond donors (Lipinski definition) is 1. The molecule has 0 atom stereocenters. The van der Waals surface area contributed by atoms with Crippen LogP contribution in [0.3, 0.4) is 0 Å². The quantitative estimate of drug-likeness (QED) is 0.541. The highest BCUT2D eigenvalue weighted by Gasteiger charge is 2.25. The number of methoxy groups -OCH3 is 1. The first-order valence-electron chi connectivity index (χ1n) is 9.69. The van der Waals surface area contributed by atoms with E-state index in [1.165, 1.54) is 19.2 Å². The largest absolute Gasteiger partial charge is 0.497 e. The third-order valence-corrected chi connectivity index (χ3v) is 6.42. The first-order valence-corrected chi connectivity index (χ1v) is 11.1. The molecule has 0 spiro atoms. The van der Waals surface area contributed by atoms with Crippen molar-refractivity contribution in [3.05, 3.63) is 78.9 Å². The van der Waals surface area contributed by atoms with Gasteiger partial charge in [0.25, 0.3) is 0 Å². The predicted octanol–water partition coefficient (Wildman–Crippen LogP) is 4.14. The number of amides is 1. The SMILES string of the molecule is CCN(CC(=O)Nc1ccc(Oc2ccccc2)cc1)S(=O)(=O)c1ccc(OC)cc1. The molecule has 0 heterocycles. The zero-order valence-corrected chi connectivity index (χ0v) is 18.1. The van der Waals surface area contributed by atoms with Crippen LogP contribution in [0.5, 0.6) is 17.2 Å². The van der Waals surface area contributed by atoms with Crippen LogP contribution in [0.4, 0.5) is 5.69 Å². The summed E-state index contributed by atoms with van der Waals surface area (Å²) >= 11 is 0. The highest BCUT2D eigenvalue weighted by atomic mass is 32.2. The van der Waals surface area contributed by atoms with Crippen molar-refractivity contribution in [2.75, 3.05) is 25.5 Å². The normalized spacial score (nSPS) is 11.2. The van der Waals surface area contributed by atoms with Crippen molar-refractivity contribution in [1.82, 2.24) is 4.31 Å². The van der Waals surface area contributed by atoms with E-state index in [1.807, 2.05) is 30.3 Å². The average Bonchev–Trinajstić information content (AvgIpc) is 2.79. The van der Waals surface area contributed by atoms with Crippen LogP contribution >= 0.6 is 0 Å². The predicted molar refractivity (Wildman–Crippen MR) is 119 cm³/mol. The molecular weight excluding hydrogens is 416 g/mol. The van der Waals surface area contributed by atoms with E-state index in [2.05, 4.69) is 5.32 Å². The molecule has 3 aromatic carbocycles. The molecule has 0 saturated carbocycles. The standard InChI is InChI=1S/C23H24N2O5S/c1-3-25(31(27,28)22-15-13-19(29-2)14-16-22)17-23(26)24-18-9-11-21(12-10-18)30-20-7-5-4-6-8-20/h4-16H,3,17H2,1-2H3,(H,24,26). The van der Waals surface area contributed by atoms with E-state index in [0.717, 1.165) is 4.31 Å². The number of anilines is 1. The second kappa shape index (κ2) is 10.1. The van der Waals surface area contributed by atoms with Gasteiger partial charge in [-0.25, -0.2) is 8.42 Å². The lowest BCUT2D eigenvalue weighted by atomic mass is 10.3. The topological polar surface area (TPSA) is 84.9 Å². The Morgan fingerprint density at radius 1 is 0.871 bits per heavy atom. The van der Waals surface area contributed by atoms with Gasteiger partial charge in [0.2, 0.25) is 15.9 Å². The number of ether oxygens (including phenoxy) is 2. The fraction of sp³-hybridized carbons (Fsp3) is 0.174. The van der Waals surface area contributed by atoms with Crippen LogP contribution in [0.1, 0.15) is 6.92 Å². The molecule has 0 radical (unpaired) electrons. The molecule has 0 bridgehead atoms. The maximum absolute atomic E-state index is 12.9. The average molecular weight is 441 g/mol. The summed E-state index contributed by atoms with van der Waals surface area (Å²) in [4.78, 5) is 12.6. The van der Waals surface area contributed by atoms with Crippen molar-refractivity contribution in [3.8, 4) is 17.2 Å². The summed E-state index contributed by atoms with van der Waals surface area (Å²) in [6.07, 6.45) is 0. The Kier molecular flexibility index (Phi) is 7.28. The molecule has 0 aliphatic rings. The fourth-order valence-corrected chi connectivity index (χ4v) is 4.26. The minimum Gasteiger partial charge on any atom is -0.497 e. The number of nitrogens with zero attached hydrogens (tertiary/aromatic N) is 1. The lowest BCUT2D eigenvalue weighted by Gasteiger charge is -2.20. The van der Waals surface area contributed by atoms with E-state index in [4.69, 9.17) is 9.47 Å². The van der Waals surface area contributed by atoms with Gasteiger partial charge in [-0.3, -0.25) is 4.79 Å². The van der Waals surface area contributed by atoms with Gasteiger partial charge in [-0.05, 0) is 60.7 Å². The van der Waals surface area contributed by atoms with Crippen molar-refractivity contribution in [2.24, 2.45) is 0 Å². The lowest BCUT2D eigenvalue weighted by Crippen LogP contribution is -2.37. The van der Waals surface area contributed by atoms with E-state index in [9.17, 15) is 13.2 Å². The molecule has 8 heteroatoms. The van der Waals surface area contributed by atoms with Crippen LogP contribution in [-0.2, 0) is 14.8 Å². The van der Waals surface area contributed by atoms with Gasteiger partial charge in [0.15, 0.2) is 0 Å². The fourth-order valence-electron chi connectivity index (χ4n) is 2.86. The van der Waals surface area contributed by atoms with Crippen LogP contribution in [0.25, 0.3) is 0 Å². The second-order valence-electron chi connectivity index (χ2n) is 6.59. The third kappa shape index (κ3) is 5.84. The van der Waals surface area contributed by atoms with Crippen LogP contribution in [0.15, 0.2) is 83.8 Å². The van der Waals surface area contributed by atoms with Gasteiger partial charge >= 0.3 is 0 Å². The van der Waals surface area contributed by atoms with Crippen molar-refractivity contribution >= 4 is 21.6 Å². The molecule has 3 rings (SSSR count). The molecule has 0 aliphatic heterocycles. The second-order valence-corrected chi connectivity index (χ2v) is 8.53. The van der Waals surface area contributed by atoms with Crippen LogP contribution in [0, 0.1) is 0 Å². The van der Waals surface area contributed by atoms with E-state index in [0.29, 0.717) is 22.9 Å². The summed E-state index contributed by atoms with van der Waals surface area (Å²) in [7, 11) is -2.30. The van der Waals surface area contributed by atoms with Crippen LogP contribution in [0.2, 0.25) is 0 Å². The third-order valence-electron chi connectivity index (χ3n) is 4.49. The van der Waals surface area contributed by atoms with Gasteiger partial charge < -0.3 is 14.8 Å². The number of rotatable bonds is 9. The van der Waals surface area contributed by atoms with Crippen molar-refractivity contribution in [3.63, 3.8) is 0 Å².